The minimum atomic E-state index is 0.388. The quantitative estimate of drug-likeness (QED) is 0.877. The predicted octanol–water partition coefficient (Wildman–Crippen LogP) is 2.00. The summed E-state index contributed by atoms with van der Waals surface area (Å²) < 4.78 is 5.11. The van der Waals surface area contributed by atoms with Gasteiger partial charge in [0.1, 0.15) is 18.2 Å². The summed E-state index contributed by atoms with van der Waals surface area (Å²) in [5.41, 5.74) is 2.02. The Morgan fingerprint density at radius 2 is 2.05 bits per heavy atom. The molecule has 2 rings (SSSR count). The lowest BCUT2D eigenvalue weighted by atomic mass is 10.3. The van der Waals surface area contributed by atoms with Crippen LogP contribution in [0.15, 0.2) is 24.3 Å². The molecule has 112 valence electrons. The molecule has 21 heavy (non-hydrogen) atoms. The summed E-state index contributed by atoms with van der Waals surface area (Å²) in [5, 5.41) is 3.05. The van der Waals surface area contributed by atoms with Gasteiger partial charge in [-0.3, -0.25) is 4.98 Å². The molecule has 0 aliphatic heterocycles. The number of hydrogen-bond donors (Lipinski definition) is 1. The van der Waals surface area contributed by atoms with Crippen molar-refractivity contribution >= 4 is 11.6 Å². The van der Waals surface area contributed by atoms with Crippen LogP contribution in [0.4, 0.5) is 11.6 Å². The van der Waals surface area contributed by atoms with Gasteiger partial charge in [0.15, 0.2) is 5.82 Å². The third-order valence-corrected chi connectivity index (χ3v) is 3.02. The summed E-state index contributed by atoms with van der Waals surface area (Å²) in [4.78, 5) is 15.4. The van der Waals surface area contributed by atoms with Crippen molar-refractivity contribution in [2.75, 3.05) is 31.4 Å². The van der Waals surface area contributed by atoms with E-state index < -0.39 is 0 Å². The maximum atomic E-state index is 5.11. The van der Waals surface area contributed by atoms with E-state index in [1.807, 2.05) is 50.2 Å². The Hall–Kier alpha value is -2.21. The van der Waals surface area contributed by atoms with Gasteiger partial charge < -0.3 is 15.0 Å². The molecule has 2 heterocycles. The molecule has 0 fully saturated rings. The van der Waals surface area contributed by atoms with Gasteiger partial charge >= 0.3 is 0 Å². The molecule has 0 amide bonds. The van der Waals surface area contributed by atoms with Crippen molar-refractivity contribution in [3.63, 3.8) is 0 Å². The molecule has 0 unspecified atom stereocenters. The number of pyridine rings is 1. The topological polar surface area (TPSA) is 63.2 Å². The predicted molar refractivity (Wildman–Crippen MR) is 83.4 cm³/mol. The second kappa shape index (κ2) is 6.99. The van der Waals surface area contributed by atoms with E-state index in [4.69, 9.17) is 4.74 Å². The third kappa shape index (κ3) is 4.13. The van der Waals surface area contributed by atoms with E-state index in [1.54, 1.807) is 7.11 Å². The highest BCUT2D eigenvalue weighted by molar-refractivity contribution is 5.48. The lowest BCUT2D eigenvalue weighted by Crippen LogP contribution is -2.20. The highest BCUT2D eigenvalue weighted by atomic mass is 16.5. The molecule has 0 saturated heterocycles. The number of nitrogens with zero attached hydrogens (tertiary/aromatic N) is 4. The van der Waals surface area contributed by atoms with Gasteiger partial charge in [-0.1, -0.05) is 6.07 Å². The highest BCUT2D eigenvalue weighted by Gasteiger charge is 2.09. The van der Waals surface area contributed by atoms with E-state index in [2.05, 4.69) is 20.3 Å². The number of hydrogen-bond acceptors (Lipinski definition) is 6. The van der Waals surface area contributed by atoms with E-state index in [9.17, 15) is 0 Å². The zero-order valence-electron chi connectivity index (χ0n) is 12.9. The summed E-state index contributed by atoms with van der Waals surface area (Å²) in [6.07, 6.45) is 0. The molecule has 6 nitrogen and oxygen atoms in total. The Morgan fingerprint density at radius 1 is 1.24 bits per heavy atom. The van der Waals surface area contributed by atoms with E-state index in [-0.39, 0.29) is 0 Å². The van der Waals surface area contributed by atoms with Gasteiger partial charge in [0.05, 0.1) is 12.2 Å². The maximum Gasteiger partial charge on any atom is 0.158 e. The summed E-state index contributed by atoms with van der Waals surface area (Å²) in [5.74, 6) is 2.27. The number of nitrogens with one attached hydrogen (secondary N) is 1. The van der Waals surface area contributed by atoms with Gasteiger partial charge in [0.25, 0.3) is 0 Å². The monoisotopic (exact) mass is 287 g/mol. The van der Waals surface area contributed by atoms with Crippen molar-refractivity contribution in [1.29, 1.82) is 0 Å². The smallest absolute Gasteiger partial charge is 0.158 e. The number of methoxy groups -OCH3 is 1. The highest BCUT2D eigenvalue weighted by Crippen LogP contribution is 2.16. The molecule has 2 aromatic heterocycles. The molecule has 0 bridgehead atoms. The van der Waals surface area contributed by atoms with Gasteiger partial charge in [-0.15, -0.1) is 0 Å². The van der Waals surface area contributed by atoms with Crippen LogP contribution in [0.25, 0.3) is 0 Å². The Bertz CT molecular complexity index is 602. The maximum absolute atomic E-state index is 5.11. The van der Waals surface area contributed by atoms with Crippen LogP contribution >= 0.6 is 0 Å². The van der Waals surface area contributed by atoms with Gasteiger partial charge in [-0.25, -0.2) is 9.97 Å². The first-order valence-corrected chi connectivity index (χ1v) is 6.80. The van der Waals surface area contributed by atoms with Gasteiger partial charge in [0, 0.05) is 33.0 Å². The largest absolute Gasteiger partial charge is 0.377 e. The van der Waals surface area contributed by atoms with Crippen LogP contribution in [-0.4, -0.2) is 36.2 Å². The van der Waals surface area contributed by atoms with Gasteiger partial charge in [0.2, 0.25) is 0 Å². The number of aromatic nitrogens is 3. The lowest BCUT2D eigenvalue weighted by Gasteiger charge is -2.19. The molecular formula is C15H21N5O. The second-order valence-electron chi connectivity index (χ2n) is 4.84. The molecule has 1 N–H and O–H groups in total. The molecule has 6 heteroatoms. The lowest BCUT2D eigenvalue weighted by molar-refractivity contribution is 0.178. The average Bonchev–Trinajstić information content (AvgIpc) is 2.47. The number of rotatable bonds is 6. The number of anilines is 2. The Kier molecular flexibility index (Phi) is 5.05. The van der Waals surface area contributed by atoms with E-state index >= 15 is 0 Å². The molecular weight excluding hydrogens is 266 g/mol. The second-order valence-corrected chi connectivity index (χ2v) is 4.84. The van der Waals surface area contributed by atoms with Gasteiger partial charge in [-0.2, -0.15) is 0 Å². The standard InChI is InChI=1S/C15H21N5O/c1-11-6-5-7-12(17-11)9-20(3)15-8-13(16-2)18-14(19-15)10-21-4/h5-8H,9-10H2,1-4H3,(H,16,18,19). The summed E-state index contributed by atoms with van der Waals surface area (Å²) >= 11 is 0. The minimum Gasteiger partial charge on any atom is -0.377 e. The number of aryl methyl sites for hydroxylation is 1. The fourth-order valence-electron chi connectivity index (χ4n) is 2.01. The van der Waals surface area contributed by atoms with Gasteiger partial charge in [-0.05, 0) is 19.1 Å². The number of ether oxygens (including phenoxy) is 1. The van der Waals surface area contributed by atoms with Crippen molar-refractivity contribution in [3.05, 3.63) is 41.5 Å². The van der Waals surface area contributed by atoms with Crippen molar-refractivity contribution in [1.82, 2.24) is 15.0 Å². The zero-order valence-corrected chi connectivity index (χ0v) is 12.9. The van der Waals surface area contributed by atoms with E-state index in [0.29, 0.717) is 19.0 Å². The van der Waals surface area contributed by atoms with Crippen LogP contribution in [0.1, 0.15) is 17.2 Å². The Labute approximate surface area is 125 Å². The summed E-state index contributed by atoms with van der Waals surface area (Å²) in [6.45, 7) is 3.07. The molecule has 2 aromatic rings. The first kappa shape index (κ1) is 15.2. The minimum absolute atomic E-state index is 0.388. The first-order chi connectivity index (χ1) is 10.1. The fourth-order valence-corrected chi connectivity index (χ4v) is 2.01. The zero-order chi connectivity index (χ0) is 15.2. The molecule has 0 aromatic carbocycles. The van der Waals surface area contributed by atoms with Crippen LogP contribution in [0, 0.1) is 6.92 Å². The Morgan fingerprint density at radius 3 is 2.71 bits per heavy atom. The van der Waals surface area contributed by atoms with Crippen molar-refractivity contribution in [3.8, 4) is 0 Å². The normalized spacial score (nSPS) is 10.5. The van der Waals surface area contributed by atoms with E-state index in [1.165, 1.54) is 0 Å². The van der Waals surface area contributed by atoms with Crippen LogP contribution in [0.3, 0.4) is 0 Å². The van der Waals surface area contributed by atoms with Crippen molar-refractivity contribution in [2.45, 2.75) is 20.1 Å². The molecule has 0 spiro atoms. The summed E-state index contributed by atoms with van der Waals surface area (Å²) in [7, 11) is 5.46. The molecule has 0 aliphatic rings. The van der Waals surface area contributed by atoms with Crippen LogP contribution in [-0.2, 0) is 17.9 Å². The first-order valence-electron chi connectivity index (χ1n) is 6.80. The van der Waals surface area contributed by atoms with Crippen LogP contribution < -0.4 is 10.2 Å². The van der Waals surface area contributed by atoms with Crippen LogP contribution in [0.2, 0.25) is 0 Å². The van der Waals surface area contributed by atoms with Crippen molar-refractivity contribution in [2.24, 2.45) is 0 Å². The summed E-state index contributed by atoms with van der Waals surface area (Å²) in [6, 6.07) is 7.93. The molecule has 0 atom stereocenters. The SMILES string of the molecule is CNc1cc(N(C)Cc2cccc(C)n2)nc(COC)n1. The third-order valence-electron chi connectivity index (χ3n) is 3.02. The molecule has 0 radical (unpaired) electrons. The van der Waals surface area contributed by atoms with E-state index in [0.717, 1.165) is 23.0 Å². The molecule has 0 saturated carbocycles. The average molecular weight is 287 g/mol. The molecule has 0 aliphatic carbocycles. The van der Waals surface area contributed by atoms with Crippen molar-refractivity contribution < 1.29 is 4.74 Å². The Balaban J connectivity index is 2.21. The fraction of sp³-hybridized carbons (Fsp3) is 0.400. The van der Waals surface area contributed by atoms with Crippen LogP contribution in [0.5, 0.6) is 0 Å².